The molecule has 1 heterocycles. The van der Waals surface area contributed by atoms with Gasteiger partial charge in [0.25, 0.3) is 0 Å². The second-order valence-corrected chi connectivity index (χ2v) is 3.60. The van der Waals surface area contributed by atoms with Gasteiger partial charge in [-0.15, -0.1) is 0 Å². The van der Waals surface area contributed by atoms with Gasteiger partial charge in [-0.05, 0) is 30.7 Å². The SMILES string of the molecule is Cc1cccnc1CNc1ccccc1F. The zero-order chi connectivity index (χ0) is 11.4. The summed E-state index contributed by atoms with van der Waals surface area (Å²) in [6, 6.07) is 10.5. The molecule has 2 rings (SSSR count). The molecule has 0 fully saturated rings. The van der Waals surface area contributed by atoms with Crippen molar-refractivity contribution in [1.29, 1.82) is 0 Å². The van der Waals surface area contributed by atoms with E-state index in [1.54, 1.807) is 24.4 Å². The van der Waals surface area contributed by atoms with E-state index in [9.17, 15) is 4.39 Å². The Labute approximate surface area is 94.2 Å². The maximum absolute atomic E-state index is 13.3. The van der Waals surface area contributed by atoms with Gasteiger partial charge in [-0.2, -0.15) is 0 Å². The third-order valence-corrected chi connectivity index (χ3v) is 2.44. The van der Waals surface area contributed by atoms with Crippen LogP contribution in [-0.2, 0) is 6.54 Å². The summed E-state index contributed by atoms with van der Waals surface area (Å²) in [5.41, 5.74) is 2.55. The summed E-state index contributed by atoms with van der Waals surface area (Å²) in [5, 5.41) is 3.03. The highest BCUT2D eigenvalue weighted by Crippen LogP contribution is 2.14. The Bertz CT molecular complexity index is 437. The number of pyridine rings is 1. The highest BCUT2D eigenvalue weighted by molar-refractivity contribution is 5.44. The Morgan fingerprint density at radius 2 is 2.00 bits per heavy atom. The summed E-state index contributed by atoms with van der Waals surface area (Å²) in [7, 11) is 0. The second kappa shape index (κ2) is 4.75. The first-order valence-electron chi connectivity index (χ1n) is 5.16. The van der Waals surface area contributed by atoms with E-state index in [4.69, 9.17) is 0 Å². The number of nitrogens with one attached hydrogen (secondary N) is 1. The normalized spacial score (nSPS) is 10.1. The van der Waals surface area contributed by atoms with Crippen molar-refractivity contribution >= 4 is 5.69 Å². The quantitative estimate of drug-likeness (QED) is 0.852. The van der Waals surface area contributed by atoms with Crippen LogP contribution in [0.25, 0.3) is 0 Å². The predicted molar refractivity (Wildman–Crippen MR) is 62.7 cm³/mol. The van der Waals surface area contributed by atoms with Crippen molar-refractivity contribution in [2.75, 3.05) is 5.32 Å². The maximum atomic E-state index is 13.3. The van der Waals surface area contributed by atoms with Crippen molar-refractivity contribution in [2.45, 2.75) is 13.5 Å². The molecule has 0 saturated heterocycles. The smallest absolute Gasteiger partial charge is 0.146 e. The van der Waals surface area contributed by atoms with Crippen LogP contribution in [-0.4, -0.2) is 4.98 Å². The van der Waals surface area contributed by atoms with Crippen LogP contribution in [0, 0.1) is 12.7 Å². The number of aromatic nitrogens is 1. The lowest BCUT2D eigenvalue weighted by Crippen LogP contribution is -2.04. The van der Waals surface area contributed by atoms with Gasteiger partial charge in [-0.3, -0.25) is 4.98 Å². The Morgan fingerprint density at radius 3 is 2.75 bits per heavy atom. The third-order valence-electron chi connectivity index (χ3n) is 2.44. The van der Waals surface area contributed by atoms with E-state index in [-0.39, 0.29) is 5.82 Å². The molecule has 2 nitrogen and oxygen atoms in total. The summed E-state index contributed by atoms with van der Waals surface area (Å²) in [6.45, 7) is 2.53. The lowest BCUT2D eigenvalue weighted by Gasteiger charge is -2.08. The standard InChI is InChI=1S/C13H13FN2/c1-10-5-4-8-15-13(10)9-16-12-7-3-2-6-11(12)14/h2-8,16H,9H2,1H3. The van der Waals surface area contributed by atoms with E-state index >= 15 is 0 Å². The Balaban J connectivity index is 2.09. The lowest BCUT2D eigenvalue weighted by atomic mass is 10.2. The minimum absolute atomic E-state index is 0.240. The van der Waals surface area contributed by atoms with Crippen LogP contribution in [0.1, 0.15) is 11.3 Å². The van der Waals surface area contributed by atoms with Crippen molar-refractivity contribution < 1.29 is 4.39 Å². The summed E-state index contributed by atoms with van der Waals surface area (Å²) in [6.07, 6.45) is 1.74. The molecule has 0 atom stereocenters. The molecule has 0 bridgehead atoms. The van der Waals surface area contributed by atoms with Gasteiger partial charge in [-0.1, -0.05) is 18.2 Å². The number of hydrogen-bond donors (Lipinski definition) is 1. The Kier molecular flexibility index (Phi) is 3.15. The van der Waals surface area contributed by atoms with E-state index in [1.165, 1.54) is 6.07 Å². The first-order chi connectivity index (χ1) is 7.77. The fraction of sp³-hybridized carbons (Fsp3) is 0.154. The molecular weight excluding hydrogens is 203 g/mol. The summed E-state index contributed by atoms with van der Waals surface area (Å²) < 4.78 is 13.3. The Hall–Kier alpha value is -1.90. The highest BCUT2D eigenvalue weighted by atomic mass is 19.1. The minimum Gasteiger partial charge on any atom is -0.377 e. The van der Waals surface area contributed by atoms with Crippen molar-refractivity contribution in [1.82, 2.24) is 4.98 Å². The van der Waals surface area contributed by atoms with Gasteiger partial charge in [0.2, 0.25) is 0 Å². The average molecular weight is 216 g/mol. The van der Waals surface area contributed by atoms with Crippen molar-refractivity contribution in [2.24, 2.45) is 0 Å². The van der Waals surface area contributed by atoms with Crippen LogP contribution >= 0.6 is 0 Å². The van der Waals surface area contributed by atoms with Gasteiger partial charge in [-0.25, -0.2) is 4.39 Å². The van der Waals surface area contributed by atoms with Crippen molar-refractivity contribution in [3.8, 4) is 0 Å². The van der Waals surface area contributed by atoms with E-state index in [0.29, 0.717) is 12.2 Å². The number of para-hydroxylation sites is 1. The summed E-state index contributed by atoms with van der Waals surface area (Å²) in [4.78, 5) is 4.24. The van der Waals surface area contributed by atoms with E-state index in [1.807, 2.05) is 19.1 Å². The zero-order valence-corrected chi connectivity index (χ0v) is 9.07. The number of anilines is 1. The van der Waals surface area contributed by atoms with Gasteiger partial charge in [0.1, 0.15) is 5.82 Å². The summed E-state index contributed by atoms with van der Waals surface area (Å²) >= 11 is 0. The number of benzene rings is 1. The largest absolute Gasteiger partial charge is 0.377 e. The molecule has 1 aromatic heterocycles. The molecule has 2 aromatic rings. The Morgan fingerprint density at radius 1 is 1.19 bits per heavy atom. The lowest BCUT2D eigenvalue weighted by molar-refractivity contribution is 0.630. The zero-order valence-electron chi connectivity index (χ0n) is 9.07. The van der Waals surface area contributed by atoms with Crippen LogP contribution < -0.4 is 5.32 Å². The topological polar surface area (TPSA) is 24.9 Å². The minimum atomic E-state index is -0.240. The number of aryl methyl sites for hydroxylation is 1. The van der Waals surface area contributed by atoms with E-state index in [2.05, 4.69) is 10.3 Å². The average Bonchev–Trinajstić information content (AvgIpc) is 2.30. The fourth-order valence-corrected chi connectivity index (χ4v) is 1.49. The molecule has 3 heteroatoms. The molecule has 1 aromatic carbocycles. The maximum Gasteiger partial charge on any atom is 0.146 e. The molecule has 0 aliphatic carbocycles. The predicted octanol–water partition coefficient (Wildman–Crippen LogP) is 3.14. The second-order valence-electron chi connectivity index (χ2n) is 3.60. The molecule has 0 unspecified atom stereocenters. The van der Waals surface area contributed by atoms with Gasteiger partial charge in [0.15, 0.2) is 0 Å². The van der Waals surface area contributed by atoms with Gasteiger partial charge in [0.05, 0.1) is 17.9 Å². The number of hydrogen-bond acceptors (Lipinski definition) is 2. The molecular formula is C13H13FN2. The number of rotatable bonds is 3. The van der Waals surface area contributed by atoms with Gasteiger partial charge < -0.3 is 5.32 Å². The van der Waals surface area contributed by atoms with E-state index < -0.39 is 0 Å². The molecule has 16 heavy (non-hydrogen) atoms. The number of halogens is 1. The van der Waals surface area contributed by atoms with Crippen LogP contribution in [0.4, 0.5) is 10.1 Å². The summed E-state index contributed by atoms with van der Waals surface area (Å²) in [5.74, 6) is -0.240. The van der Waals surface area contributed by atoms with E-state index in [0.717, 1.165) is 11.3 Å². The van der Waals surface area contributed by atoms with Gasteiger partial charge >= 0.3 is 0 Å². The third kappa shape index (κ3) is 2.37. The van der Waals surface area contributed by atoms with Crippen LogP contribution in [0.3, 0.4) is 0 Å². The van der Waals surface area contributed by atoms with Crippen LogP contribution in [0.15, 0.2) is 42.6 Å². The monoisotopic (exact) mass is 216 g/mol. The molecule has 1 N–H and O–H groups in total. The molecule has 0 aliphatic heterocycles. The first kappa shape index (κ1) is 10.6. The highest BCUT2D eigenvalue weighted by Gasteiger charge is 2.01. The molecule has 0 aliphatic rings. The van der Waals surface area contributed by atoms with Crippen LogP contribution in [0.5, 0.6) is 0 Å². The molecule has 82 valence electrons. The van der Waals surface area contributed by atoms with Gasteiger partial charge in [0, 0.05) is 6.20 Å². The fourth-order valence-electron chi connectivity index (χ4n) is 1.49. The molecule has 0 radical (unpaired) electrons. The molecule has 0 amide bonds. The molecule has 0 saturated carbocycles. The van der Waals surface area contributed by atoms with Crippen LogP contribution in [0.2, 0.25) is 0 Å². The van der Waals surface area contributed by atoms with Crippen molar-refractivity contribution in [3.05, 3.63) is 59.7 Å². The van der Waals surface area contributed by atoms with Crippen molar-refractivity contribution in [3.63, 3.8) is 0 Å². The first-order valence-corrected chi connectivity index (χ1v) is 5.16. The molecule has 0 spiro atoms. The number of nitrogens with zero attached hydrogens (tertiary/aromatic N) is 1.